The number of anilines is 1. The number of hydrogen-bond donors (Lipinski definition) is 1. The Morgan fingerprint density at radius 1 is 1.29 bits per heavy atom. The van der Waals surface area contributed by atoms with Gasteiger partial charge in [0.1, 0.15) is 31.2 Å². The van der Waals surface area contributed by atoms with Gasteiger partial charge in [-0.3, -0.25) is 0 Å². The van der Waals surface area contributed by atoms with Crippen molar-refractivity contribution in [2.24, 2.45) is 0 Å². The Balaban J connectivity index is 1.65. The summed E-state index contributed by atoms with van der Waals surface area (Å²) in [5, 5.41) is 3.20. The molecule has 9 heteroatoms. The first-order valence-electron chi connectivity index (χ1n) is 8.18. The Kier molecular flexibility index (Phi) is 2.86. The first-order valence-corrected chi connectivity index (χ1v) is 8.18. The van der Waals surface area contributed by atoms with Gasteiger partial charge >= 0.3 is 6.01 Å². The third kappa shape index (κ3) is 1.89. The lowest BCUT2D eigenvalue weighted by Crippen LogP contribution is -2.34. The Morgan fingerprint density at radius 3 is 2.96 bits per heavy atom. The Morgan fingerprint density at radius 2 is 2.12 bits per heavy atom. The molecule has 0 spiro atoms. The van der Waals surface area contributed by atoms with Gasteiger partial charge in [-0.15, -0.1) is 0 Å². The smallest absolute Gasteiger partial charge is 0.301 e. The largest absolute Gasteiger partial charge is 0.462 e. The van der Waals surface area contributed by atoms with E-state index in [-0.39, 0.29) is 24.5 Å². The number of hydrogen-bond acceptors (Lipinski definition) is 8. The average molecular weight is 333 g/mol. The number of ether oxygens (including phenoxy) is 4. The molecule has 2 aromatic heterocycles. The van der Waals surface area contributed by atoms with E-state index in [1.165, 1.54) is 6.33 Å². The first-order chi connectivity index (χ1) is 11.6. The van der Waals surface area contributed by atoms with Crippen LogP contribution < -0.4 is 10.1 Å². The van der Waals surface area contributed by atoms with Crippen molar-refractivity contribution in [3.8, 4) is 6.01 Å². The summed E-state index contributed by atoms with van der Waals surface area (Å²) in [5.41, 5.74) is 1.33. The van der Waals surface area contributed by atoms with Crippen molar-refractivity contribution in [3.05, 3.63) is 6.33 Å². The molecule has 2 aromatic rings. The van der Waals surface area contributed by atoms with Crippen LogP contribution in [0.3, 0.4) is 0 Å². The van der Waals surface area contributed by atoms with Crippen molar-refractivity contribution in [1.82, 2.24) is 19.5 Å². The third-order valence-electron chi connectivity index (χ3n) is 4.55. The molecule has 5 heterocycles. The van der Waals surface area contributed by atoms with E-state index in [1.807, 2.05) is 25.3 Å². The van der Waals surface area contributed by atoms with Crippen LogP contribution in [0.1, 0.15) is 27.0 Å². The zero-order valence-corrected chi connectivity index (χ0v) is 13.7. The molecule has 0 unspecified atom stereocenters. The zero-order valence-electron chi connectivity index (χ0n) is 13.7. The van der Waals surface area contributed by atoms with Gasteiger partial charge in [-0.1, -0.05) is 0 Å². The summed E-state index contributed by atoms with van der Waals surface area (Å²) in [6.45, 7) is 6.94. The Labute approximate surface area is 138 Å². The van der Waals surface area contributed by atoms with Crippen LogP contribution in [0.4, 0.5) is 5.82 Å². The predicted molar refractivity (Wildman–Crippen MR) is 82.7 cm³/mol. The molecule has 0 amide bonds. The molecule has 9 nitrogen and oxygen atoms in total. The fraction of sp³-hybridized carbons (Fsp3) is 0.667. The SMILES string of the molecule is CCNc1ncnc2c1nc1n2[C@@H]2O[C@H](CO1)[C@H]1OC(C)(C)O[C@H]12. The van der Waals surface area contributed by atoms with Gasteiger partial charge < -0.3 is 24.3 Å². The summed E-state index contributed by atoms with van der Waals surface area (Å²) >= 11 is 0. The fourth-order valence-electron chi connectivity index (χ4n) is 3.67. The van der Waals surface area contributed by atoms with Crippen LogP contribution in [0.25, 0.3) is 11.2 Å². The van der Waals surface area contributed by atoms with Crippen LogP contribution in [0, 0.1) is 0 Å². The summed E-state index contributed by atoms with van der Waals surface area (Å²) in [6.07, 6.45) is 0.565. The minimum absolute atomic E-state index is 0.161. The highest BCUT2D eigenvalue weighted by molar-refractivity contribution is 5.84. The van der Waals surface area contributed by atoms with E-state index in [2.05, 4.69) is 20.3 Å². The number of nitrogens with one attached hydrogen (secondary N) is 1. The summed E-state index contributed by atoms with van der Waals surface area (Å²) in [4.78, 5) is 13.2. The van der Waals surface area contributed by atoms with Gasteiger partial charge in [-0.25, -0.2) is 14.5 Å². The van der Waals surface area contributed by atoms with Crippen LogP contribution in [-0.4, -0.2) is 56.8 Å². The van der Waals surface area contributed by atoms with E-state index in [4.69, 9.17) is 18.9 Å². The molecule has 0 radical (unpaired) electrons. The molecule has 128 valence electrons. The molecule has 24 heavy (non-hydrogen) atoms. The maximum absolute atomic E-state index is 6.14. The van der Waals surface area contributed by atoms with E-state index in [9.17, 15) is 0 Å². The van der Waals surface area contributed by atoms with Crippen LogP contribution in [0.2, 0.25) is 0 Å². The van der Waals surface area contributed by atoms with Crippen molar-refractivity contribution in [3.63, 3.8) is 0 Å². The molecule has 3 aliphatic heterocycles. The number of rotatable bonds is 2. The zero-order chi connectivity index (χ0) is 16.5. The highest BCUT2D eigenvalue weighted by atomic mass is 16.8. The third-order valence-corrected chi connectivity index (χ3v) is 4.55. The van der Waals surface area contributed by atoms with Crippen molar-refractivity contribution < 1.29 is 18.9 Å². The monoisotopic (exact) mass is 333 g/mol. The molecule has 2 bridgehead atoms. The van der Waals surface area contributed by atoms with Crippen LogP contribution in [-0.2, 0) is 14.2 Å². The van der Waals surface area contributed by atoms with E-state index in [1.54, 1.807) is 0 Å². The van der Waals surface area contributed by atoms with Gasteiger partial charge in [-0.05, 0) is 20.8 Å². The molecular weight excluding hydrogens is 314 g/mol. The van der Waals surface area contributed by atoms with Gasteiger partial charge in [0.05, 0.1) is 0 Å². The lowest BCUT2D eigenvalue weighted by atomic mass is 10.1. The van der Waals surface area contributed by atoms with Crippen molar-refractivity contribution in [2.75, 3.05) is 18.5 Å². The molecule has 2 saturated heterocycles. The number of aromatic nitrogens is 4. The molecular formula is C15H19N5O4. The molecule has 0 aromatic carbocycles. The summed E-state index contributed by atoms with van der Waals surface area (Å²) in [6, 6.07) is 0.476. The maximum atomic E-state index is 6.14. The van der Waals surface area contributed by atoms with Crippen LogP contribution >= 0.6 is 0 Å². The lowest BCUT2D eigenvalue weighted by molar-refractivity contribution is -0.195. The van der Waals surface area contributed by atoms with Gasteiger partial charge in [0.15, 0.2) is 29.0 Å². The van der Waals surface area contributed by atoms with Crippen LogP contribution in [0.15, 0.2) is 6.33 Å². The quantitative estimate of drug-likeness (QED) is 0.872. The van der Waals surface area contributed by atoms with Gasteiger partial charge in [0, 0.05) is 6.54 Å². The molecule has 0 saturated carbocycles. The normalized spacial score (nSPS) is 33.0. The second kappa shape index (κ2) is 4.78. The van der Waals surface area contributed by atoms with Gasteiger partial charge in [0.25, 0.3) is 0 Å². The molecule has 1 N–H and O–H groups in total. The first kappa shape index (κ1) is 14.4. The standard InChI is InChI=1S/C15H19N5O4/c1-4-16-11-8-12(18-6-17-11)20-13-10-9(23-15(2,3)24-10)7(22-13)5-21-14(20)19-8/h6-7,9-10,13H,4-5H2,1-3H3,(H,16,17,18)/t7-,9-,10-,13-/m1/s1. The Bertz CT molecular complexity index is 807. The molecule has 3 aliphatic rings. The van der Waals surface area contributed by atoms with Crippen molar-refractivity contribution >= 4 is 17.0 Å². The van der Waals surface area contributed by atoms with E-state index in [0.717, 1.165) is 6.54 Å². The van der Waals surface area contributed by atoms with E-state index < -0.39 is 5.79 Å². The highest BCUT2D eigenvalue weighted by Gasteiger charge is 2.58. The Hall–Kier alpha value is -1.97. The lowest BCUT2D eigenvalue weighted by Gasteiger charge is -2.22. The van der Waals surface area contributed by atoms with E-state index >= 15 is 0 Å². The predicted octanol–water partition coefficient (Wildman–Crippen LogP) is 1.07. The molecule has 4 atom stereocenters. The number of imidazole rings is 1. The molecule has 0 aliphatic carbocycles. The highest BCUT2D eigenvalue weighted by Crippen LogP contribution is 2.46. The molecule has 5 rings (SSSR count). The second-order valence-corrected chi connectivity index (χ2v) is 6.63. The summed E-state index contributed by atoms with van der Waals surface area (Å²) in [7, 11) is 0. The summed E-state index contributed by atoms with van der Waals surface area (Å²) in [5.74, 6) is 0.0436. The summed E-state index contributed by atoms with van der Waals surface area (Å²) < 4.78 is 26.0. The number of nitrogens with zero attached hydrogens (tertiary/aromatic N) is 4. The minimum atomic E-state index is -0.638. The number of fused-ring (bicyclic) bond motifs is 9. The van der Waals surface area contributed by atoms with Gasteiger partial charge in [0.2, 0.25) is 0 Å². The molecule has 2 fully saturated rings. The maximum Gasteiger partial charge on any atom is 0.301 e. The fourth-order valence-corrected chi connectivity index (χ4v) is 3.67. The van der Waals surface area contributed by atoms with Crippen molar-refractivity contribution in [2.45, 2.75) is 51.1 Å². The van der Waals surface area contributed by atoms with E-state index in [0.29, 0.717) is 29.6 Å². The van der Waals surface area contributed by atoms with Crippen molar-refractivity contribution in [1.29, 1.82) is 0 Å². The topological polar surface area (TPSA) is 92.6 Å². The minimum Gasteiger partial charge on any atom is -0.462 e. The average Bonchev–Trinajstić information content (AvgIpc) is 3.10. The second-order valence-electron chi connectivity index (χ2n) is 6.63. The van der Waals surface area contributed by atoms with Crippen LogP contribution in [0.5, 0.6) is 6.01 Å². The van der Waals surface area contributed by atoms with Gasteiger partial charge in [-0.2, -0.15) is 4.98 Å².